The fourth-order valence-corrected chi connectivity index (χ4v) is 2.01. The van der Waals surface area contributed by atoms with Crippen LogP contribution in [-0.4, -0.2) is 0 Å². The van der Waals surface area contributed by atoms with Crippen LogP contribution in [0.5, 0.6) is 0 Å². The molecule has 0 radical (unpaired) electrons. The first-order valence-corrected chi connectivity index (χ1v) is 5.82. The zero-order valence-corrected chi connectivity index (χ0v) is 10.2. The van der Waals surface area contributed by atoms with Crippen molar-refractivity contribution in [3.63, 3.8) is 0 Å². The van der Waals surface area contributed by atoms with Crippen molar-refractivity contribution in [3.05, 3.63) is 65.3 Å². The molecule has 0 fully saturated rings. The van der Waals surface area contributed by atoms with Gasteiger partial charge in [0.1, 0.15) is 0 Å². The maximum Gasteiger partial charge on any atom is -0.00753 e. The smallest absolute Gasteiger partial charge is 0.00753 e. The second-order valence-corrected chi connectivity index (χ2v) is 4.49. The zero-order valence-electron chi connectivity index (χ0n) is 10.2. The van der Waals surface area contributed by atoms with Crippen LogP contribution in [0.2, 0.25) is 0 Å². The lowest BCUT2D eigenvalue weighted by atomic mass is 9.96. The molecule has 1 atom stereocenters. The van der Waals surface area contributed by atoms with Gasteiger partial charge in [0, 0.05) is 0 Å². The molecular weight excluding hydrogens is 192 g/mol. The lowest BCUT2D eigenvalue weighted by molar-refractivity contribution is 0.942. The summed E-state index contributed by atoms with van der Waals surface area (Å²) >= 11 is 0. The SMILES string of the molecule is CC1=C(c2ccccc2C)C=CC(C)C=C1. The fraction of sp³-hybridized carbons (Fsp3) is 0.250. The average Bonchev–Trinajstić information content (AvgIpc) is 2.43. The lowest BCUT2D eigenvalue weighted by Crippen LogP contribution is -1.88. The van der Waals surface area contributed by atoms with Crippen molar-refractivity contribution in [3.8, 4) is 0 Å². The van der Waals surface area contributed by atoms with Gasteiger partial charge in [-0.05, 0) is 42.0 Å². The summed E-state index contributed by atoms with van der Waals surface area (Å²) in [4.78, 5) is 0. The Morgan fingerprint density at radius 2 is 1.62 bits per heavy atom. The Bertz CT molecular complexity index is 473. The van der Waals surface area contributed by atoms with Crippen LogP contribution in [0.3, 0.4) is 0 Å². The van der Waals surface area contributed by atoms with Gasteiger partial charge in [0.2, 0.25) is 0 Å². The Morgan fingerprint density at radius 3 is 2.38 bits per heavy atom. The van der Waals surface area contributed by atoms with Crippen molar-refractivity contribution in [2.24, 2.45) is 5.92 Å². The van der Waals surface area contributed by atoms with E-state index in [1.54, 1.807) is 0 Å². The monoisotopic (exact) mass is 210 g/mol. The standard InChI is InChI=1S/C16H18/c1-12-8-10-14(3)16(11-9-12)15-7-5-4-6-13(15)2/h4-12H,1-3H3. The number of aryl methyl sites for hydroxylation is 1. The molecule has 0 aromatic heterocycles. The van der Waals surface area contributed by atoms with Gasteiger partial charge in [-0.1, -0.05) is 55.5 Å². The quantitative estimate of drug-likeness (QED) is 0.638. The summed E-state index contributed by atoms with van der Waals surface area (Å²) in [5, 5.41) is 0. The number of rotatable bonds is 1. The highest BCUT2D eigenvalue weighted by Gasteiger charge is 2.06. The van der Waals surface area contributed by atoms with Crippen molar-refractivity contribution in [1.82, 2.24) is 0 Å². The summed E-state index contributed by atoms with van der Waals surface area (Å²) < 4.78 is 0. The van der Waals surface area contributed by atoms with E-state index < -0.39 is 0 Å². The van der Waals surface area contributed by atoms with Crippen molar-refractivity contribution in [1.29, 1.82) is 0 Å². The Morgan fingerprint density at radius 1 is 0.938 bits per heavy atom. The molecule has 0 bridgehead atoms. The van der Waals surface area contributed by atoms with Crippen LogP contribution in [0.1, 0.15) is 25.0 Å². The Labute approximate surface area is 98.0 Å². The molecule has 1 aliphatic carbocycles. The van der Waals surface area contributed by atoms with Gasteiger partial charge in [0.05, 0.1) is 0 Å². The molecule has 0 aliphatic heterocycles. The minimum atomic E-state index is 0.525. The second-order valence-electron chi connectivity index (χ2n) is 4.49. The van der Waals surface area contributed by atoms with Gasteiger partial charge in [0.15, 0.2) is 0 Å². The molecule has 0 amide bonds. The largest absolute Gasteiger partial charge is 0.0776 e. The van der Waals surface area contributed by atoms with Gasteiger partial charge in [0.25, 0.3) is 0 Å². The third-order valence-electron chi connectivity index (χ3n) is 3.08. The van der Waals surface area contributed by atoms with Gasteiger partial charge in [-0.3, -0.25) is 0 Å². The van der Waals surface area contributed by atoms with E-state index >= 15 is 0 Å². The van der Waals surface area contributed by atoms with Crippen LogP contribution in [0.4, 0.5) is 0 Å². The van der Waals surface area contributed by atoms with E-state index in [2.05, 4.69) is 69.3 Å². The van der Waals surface area contributed by atoms with E-state index in [0.717, 1.165) is 0 Å². The normalized spacial score (nSPS) is 20.1. The van der Waals surface area contributed by atoms with Crippen molar-refractivity contribution < 1.29 is 0 Å². The van der Waals surface area contributed by atoms with Gasteiger partial charge in [-0.2, -0.15) is 0 Å². The predicted octanol–water partition coefficient (Wildman–Crippen LogP) is 4.53. The molecule has 0 spiro atoms. The highest BCUT2D eigenvalue weighted by Crippen LogP contribution is 2.26. The summed E-state index contributed by atoms with van der Waals surface area (Å²) in [5.41, 5.74) is 5.37. The summed E-state index contributed by atoms with van der Waals surface area (Å²) in [7, 11) is 0. The number of hydrogen-bond donors (Lipinski definition) is 0. The minimum Gasteiger partial charge on any atom is -0.0776 e. The molecule has 0 saturated heterocycles. The van der Waals surface area contributed by atoms with E-state index in [0.29, 0.717) is 5.92 Å². The number of benzene rings is 1. The summed E-state index contributed by atoms with van der Waals surface area (Å²) in [6.45, 7) is 6.56. The fourth-order valence-electron chi connectivity index (χ4n) is 2.01. The van der Waals surface area contributed by atoms with Gasteiger partial charge < -0.3 is 0 Å². The van der Waals surface area contributed by atoms with Crippen LogP contribution in [0.25, 0.3) is 5.57 Å². The summed E-state index contributed by atoms with van der Waals surface area (Å²) in [5.74, 6) is 0.525. The van der Waals surface area contributed by atoms with Crippen LogP contribution >= 0.6 is 0 Å². The highest BCUT2D eigenvalue weighted by molar-refractivity contribution is 5.80. The second kappa shape index (κ2) is 4.52. The molecule has 0 nitrogen and oxygen atoms in total. The molecule has 2 rings (SSSR count). The van der Waals surface area contributed by atoms with Crippen molar-refractivity contribution in [2.75, 3.05) is 0 Å². The first kappa shape index (κ1) is 10.9. The molecule has 1 aromatic rings. The summed E-state index contributed by atoms with van der Waals surface area (Å²) in [6, 6.07) is 8.56. The maximum absolute atomic E-state index is 2.26. The van der Waals surface area contributed by atoms with Crippen LogP contribution < -0.4 is 0 Å². The first-order chi connectivity index (χ1) is 7.68. The van der Waals surface area contributed by atoms with Crippen LogP contribution in [0, 0.1) is 12.8 Å². The third-order valence-corrected chi connectivity index (χ3v) is 3.08. The number of allylic oxidation sites excluding steroid dienone is 6. The third kappa shape index (κ3) is 2.16. The summed E-state index contributed by atoms with van der Waals surface area (Å²) in [6.07, 6.45) is 8.99. The van der Waals surface area contributed by atoms with Crippen LogP contribution in [-0.2, 0) is 0 Å². The molecule has 1 aliphatic rings. The minimum absolute atomic E-state index is 0.525. The van der Waals surface area contributed by atoms with Crippen molar-refractivity contribution in [2.45, 2.75) is 20.8 Å². The average molecular weight is 210 g/mol. The van der Waals surface area contributed by atoms with Gasteiger partial charge in [-0.15, -0.1) is 0 Å². The van der Waals surface area contributed by atoms with Crippen molar-refractivity contribution >= 4 is 5.57 Å². The van der Waals surface area contributed by atoms with E-state index in [4.69, 9.17) is 0 Å². The maximum atomic E-state index is 2.26. The molecule has 1 aromatic carbocycles. The molecule has 0 heteroatoms. The Kier molecular flexibility index (Phi) is 3.09. The molecule has 16 heavy (non-hydrogen) atoms. The molecule has 0 N–H and O–H groups in total. The van der Waals surface area contributed by atoms with E-state index in [1.165, 1.54) is 22.3 Å². The molecule has 0 saturated carbocycles. The Balaban J connectivity index is 2.52. The number of hydrogen-bond acceptors (Lipinski definition) is 0. The van der Waals surface area contributed by atoms with E-state index in [9.17, 15) is 0 Å². The zero-order chi connectivity index (χ0) is 11.5. The highest BCUT2D eigenvalue weighted by atomic mass is 14.1. The van der Waals surface area contributed by atoms with E-state index in [1.807, 2.05) is 0 Å². The van der Waals surface area contributed by atoms with Crippen LogP contribution in [0.15, 0.2) is 54.1 Å². The topological polar surface area (TPSA) is 0 Å². The molecular formula is C16H18. The van der Waals surface area contributed by atoms with Gasteiger partial charge in [-0.25, -0.2) is 0 Å². The predicted molar refractivity (Wildman–Crippen MR) is 71.2 cm³/mol. The van der Waals surface area contributed by atoms with Gasteiger partial charge >= 0.3 is 0 Å². The molecule has 0 heterocycles. The lowest BCUT2D eigenvalue weighted by Gasteiger charge is -2.08. The molecule has 82 valence electrons. The Hall–Kier alpha value is -1.56. The van der Waals surface area contributed by atoms with E-state index in [-0.39, 0.29) is 0 Å². The first-order valence-electron chi connectivity index (χ1n) is 5.82. The molecule has 1 unspecified atom stereocenters.